The Kier molecular flexibility index (Phi) is 6.92. The van der Waals surface area contributed by atoms with Crippen LogP contribution in [-0.4, -0.2) is 31.3 Å². The van der Waals surface area contributed by atoms with Crippen molar-refractivity contribution in [2.24, 2.45) is 0 Å². The van der Waals surface area contributed by atoms with E-state index in [0.29, 0.717) is 6.54 Å². The molecule has 0 bridgehead atoms. The number of ether oxygens (including phenoxy) is 2. The van der Waals surface area contributed by atoms with E-state index in [0.717, 1.165) is 27.0 Å². The number of thioether (sulfide) groups is 1. The minimum absolute atomic E-state index is 0.157. The molecule has 5 nitrogen and oxygen atoms in total. The molecular formula is C22H21NO4S. The SMILES string of the molecule is COc1ccc(CNC(=O)COC(=O)CSc2ccc3ccccc3c2)cc1. The normalized spacial score (nSPS) is 10.5. The van der Waals surface area contributed by atoms with Crippen molar-refractivity contribution >= 4 is 34.4 Å². The number of carbonyl (C=O) groups excluding carboxylic acids is 2. The zero-order valence-electron chi connectivity index (χ0n) is 15.5. The summed E-state index contributed by atoms with van der Waals surface area (Å²) < 4.78 is 10.1. The van der Waals surface area contributed by atoms with Crippen molar-refractivity contribution in [3.05, 3.63) is 72.3 Å². The second-order valence-electron chi connectivity index (χ2n) is 6.08. The number of esters is 1. The number of nitrogens with one attached hydrogen (secondary N) is 1. The molecule has 0 spiro atoms. The fourth-order valence-corrected chi connectivity index (χ4v) is 3.32. The lowest BCUT2D eigenvalue weighted by atomic mass is 10.1. The number of rotatable bonds is 8. The van der Waals surface area contributed by atoms with Gasteiger partial charge in [0.1, 0.15) is 5.75 Å². The van der Waals surface area contributed by atoms with E-state index < -0.39 is 5.97 Å². The lowest BCUT2D eigenvalue weighted by Gasteiger charge is -2.08. The summed E-state index contributed by atoms with van der Waals surface area (Å²) in [6.45, 7) is 0.0828. The van der Waals surface area contributed by atoms with E-state index >= 15 is 0 Å². The summed E-state index contributed by atoms with van der Waals surface area (Å²) >= 11 is 1.39. The summed E-state index contributed by atoms with van der Waals surface area (Å²) in [4.78, 5) is 24.7. The van der Waals surface area contributed by atoms with Crippen LogP contribution in [0.25, 0.3) is 10.8 Å². The molecule has 0 radical (unpaired) electrons. The number of hydrogen-bond donors (Lipinski definition) is 1. The van der Waals surface area contributed by atoms with Gasteiger partial charge < -0.3 is 14.8 Å². The van der Waals surface area contributed by atoms with E-state index in [4.69, 9.17) is 9.47 Å². The predicted octanol–water partition coefficient (Wildman–Crippen LogP) is 3.80. The minimum Gasteiger partial charge on any atom is -0.497 e. The molecule has 3 aromatic carbocycles. The topological polar surface area (TPSA) is 64.6 Å². The molecule has 0 unspecified atom stereocenters. The third-order valence-corrected chi connectivity index (χ3v) is 5.06. The molecule has 144 valence electrons. The van der Waals surface area contributed by atoms with E-state index in [-0.39, 0.29) is 18.3 Å². The van der Waals surface area contributed by atoms with Crippen molar-refractivity contribution in [2.75, 3.05) is 19.5 Å². The minimum atomic E-state index is -0.419. The molecule has 28 heavy (non-hydrogen) atoms. The average molecular weight is 395 g/mol. The van der Waals surface area contributed by atoms with Crippen LogP contribution in [0.15, 0.2) is 71.6 Å². The average Bonchev–Trinajstić information content (AvgIpc) is 2.75. The van der Waals surface area contributed by atoms with Gasteiger partial charge in [-0.3, -0.25) is 9.59 Å². The van der Waals surface area contributed by atoms with E-state index in [1.54, 1.807) is 7.11 Å². The predicted molar refractivity (Wildman–Crippen MR) is 110 cm³/mol. The van der Waals surface area contributed by atoms with Crippen LogP contribution in [0, 0.1) is 0 Å². The zero-order chi connectivity index (χ0) is 19.8. The lowest BCUT2D eigenvalue weighted by molar-refractivity contribution is -0.145. The van der Waals surface area contributed by atoms with Gasteiger partial charge in [0.2, 0.25) is 0 Å². The van der Waals surface area contributed by atoms with Gasteiger partial charge in [0.05, 0.1) is 12.9 Å². The third kappa shape index (κ3) is 5.76. The highest BCUT2D eigenvalue weighted by Gasteiger charge is 2.09. The number of methoxy groups -OCH3 is 1. The van der Waals surface area contributed by atoms with Crippen molar-refractivity contribution in [2.45, 2.75) is 11.4 Å². The maximum Gasteiger partial charge on any atom is 0.316 e. The second-order valence-corrected chi connectivity index (χ2v) is 7.13. The number of hydrogen-bond acceptors (Lipinski definition) is 5. The first kappa shape index (κ1) is 19.8. The smallest absolute Gasteiger partial charge is 0.316 e. The third-order valence-electron chi connectivity index (χ3n) is 4.09. The molecule has 0 aromatic heterocycles. The zero-order valence-corrected chi connectivity index (χ0v) is 16.3. The van der Waals surface area contributed by atoms with Gasteiger partial charge in [0.25, 0.3) is 5.91 Å². The highest BCUT2D eigenvalue weighted by molar-refractivity contribution is 8.00. The van der Waals surface area contributed by atoms with Crippen molar-refractivity contribution in [3.63, 3.8) is 0 Å². The van der Waals surface area contributed by atoms with Crippen LogP contribution >= 0.6 is 11.8 Å². The van der Waals surface area contributed by atoms with Crippen molar-refractivity contribution in [3.8, 4) is 5.75 Å². The quantitative estimate of drug-likeness (QED) is 0.464. The first-order chi connectivity index (χ1) is 13.6. The Balaban J connectivity index is 1.38. The standard InChI is InChI=1S/C22H21NO4S/c1-26-19-9-6-16(7-10-19)13-23-21(24)14-27-22(25)15-28-20-11-8-17-4-2-3-5-18(17)12-20/h2-12H,13-15H2,1H3,(H,23,24). The Labute approximate surface area is 168 Å². The first-order valence-electron chi connectivity index (χ1n) is 8.81. The van der Waals surface area contributed by atoms with Crippen LogP contribution in [0.3, 0.4) is 0 Å². The summed E-state index contributed by atoms with van der Waals surface area (Å²) in [6, 6.07) is 21.5. The molecule has 0 heterocycles. The van der Waals surface area contributed by atoms with E-state index in [1.165, 1.54) is 11.8 Å². The molecule has 3 aromatic rings. The fraction of sp³-hybridized carbons (Fsp3) is 0.182. The van der Waals surface area contributed by atoms with E-state index in [1.807, 2.05) is 66.7 Å². The van der Waals surface area contributed by atoms with Crippen molar-refractivity contribution < 1.29 is 19.1 Å². The van der Waals surface area contributed by atoms with Gasteiger partial charge in [-0.05, 0) is 40.6 Å². The second kappa shape index (κ2) is 9.80. The molecular weight excluding hydrogens is 374 g/mol. The number of carbonyl (C=O) groups is 2. The van der Waals surface area contributed by atoms with Gasteiger partial charge in [0, 0.05) is 11.4 Å². The molecule has 3 rings (SSSR count). The fourth-order valence-electron chi connectivity index (χ4n) is 2.58. The van der Waals surface area contributed by atoms with Gasteiger partial charge >= 0.3 is 5.97 Å². The number of amides is 1. The van der Waals surface area contributed by atoms with E-state index in [9.17, 15) is 9.59 Å². The van der Waals surface area contributed by atoms with Crippen LogP contribution in [0.4, 0.5) is 0 Å². The molecule has 0 aliphatic rings. The molecule has 0 aliphatic heterocycles. The first-order valence-corrected chi connectivity index (χ1v) is 9.79. The molecule has 0 fully saturated rings. The van der Waals surface area contributed by atoms with Crippen LogP contribution in [0.5, 0.6) is 5.75 Å². The molecule has 0 aliphatic carbocycles. The van der Waals surface area contributed by atoms with Gasteiger partial charge in [-0.25, -0.2) is 0 Å². The van der Waals surface area contributed by atoms with Crippen molar-refractivity contribution in [1.29, 1.82) is 0 Å². The highest BCUT2D eigenvalue weighted by Crippen LogP contribution is 2.23. The summed E-state index contributed by atoms with van der Waals surface area (Å²) in [5, 5.41) is 5.00. The molecule has 1 N–H and O–H groups in total. The Morgan fingerprint density at radius 2 is 1.71 bits per heavy atom. The molecule has 6 heteroatoms. The maximum atomic E-state index is 11.9. The summed E-state index contributed by atoms with van der Waals surface area (Å²) in [7, 11) is 1.60. The molecule has 0 atom stereocenters. The van der Waals surface area contributed by atoms with Gasteiger partial charge in [-0.1, -0.05) is 42.5 Å². The molecule has 1 amide bonds. The summed E-state index contributed by atoms with van der Waals surface area (Å²) in [5.41, 5.74) is 0.937. The summed E-state index contributed by atoms with van der Waals surface area (Å²) in [6.07, 6.45) is 0. The van der Waals surface area contributed by atoms with Crippen LogP contribution in [-0.2, 0) is 20.9 Å². The number of benzene rings is 3. The lowest BCUT2D eigenvalue weighted by Crippen LogP contribution is -2.28. The summed E-state index contributed by atoms with van der Waals surface area (Å²) in [5.74, 6) is 0.162. The largest absolute Gasteiger partial charge is 0.497 e. The highest BCUT2D eigenvalue weighted by atomic mass is 32.2. The Hall–Kier alpha value is -2.99. The monoisotopic (exact) mass is 395 g/mol. The Bertz CT molecular complexity index is 956. The van der Waals surface area contributed by atoms with Gasteiger partial charge in [0.15, 0.2) is 6.61 Å². The molecule has 0 saturated heterocycles. The molecule has 0 saturated carbocycles. The van der Waals surface area contributed by atoms with Crippen LogP contribution < -0.4 is 10.1 Å². The maximum absolute atomic E-state index is 11.9. The van der Waals surface area contributed by atoms with Crippen LogP contribution in [0.1, 0.15) is 5.56 Å². The Morgan fingerprint density at radius 1 is 0.964 bits per heavy atom. The van der Waals surface area contributed by atoms with Gasteiger partial charge in [-0.15, -0.1) is 11.8 Å². The Morgan fingerprint density at radius 3 is 2.46 bits per heavy atom. The van der Waals surface area contributed by atoms with E-state index in [2.05, 4.69) is 5.32 Å². The van der Waals surface area contributed by atoms with Crippen molar-refractivity contribution in [1.82, 2.24) is 5.32 Å². The van der Waals surface area contributed by atoms with Crippen LogP contribution in [0.2, 0.25) is 0 Å². The van der Waals surface area contributed by atoms with Gasteiger partial charge in [-0.2, -0.15) is 0 Å². The number of fused-ring (bicyclic) bond motifs is 1.